The summed E-state index contributed by atoms with van der Waals surface area (Å²) in [5.74, 6) is -0.312. The van der Waals surface area contributed by atoms with Crippen LogP contribution in [0.2, 0.25) is 0 Å². The second-order valence-corrected chi connectivity index (χ2v) is 6.64. The van der Waals surface area contributed by atoms with Crippen LogP contribution in [0.1, 0.15) is 5.56 Å². The molecule has 0 fully saturated rings. The SMILES string of the molecule is NS(=O)(=O)c1ccc(NCc2ccc(Br)cc2F)cc1. The smallest absolute Gasteiger partial charge is 0.238 e. The van der Waals surface area contributed by atoms with Crippen LogP contribution in [-0.4, -0.2) is 8.42 Å². The lowest BCUT2D eigenvalue weighted by Crippen LogP contribution is -2.12. The molecule has 0 saturated heterocycles. The van der Waals surface area contributed by atoms with E-state index in [2.05, 4.69) is 21.2 Å². The van der Waals surface area contributed by atoms with E-state index >= 15 is 0 Å². The highest BCUT2D eigenvalue weighted by Crippen LogP contribution is 2.18. The van der Waals surface area contributed by atoms with Crippen LogP contribution in [0.4, 0.5) is 10.1 Å². The number of rotatable bonds is 4. The molecule has 2 aromatic rings. The number of halogens is 2. The Kier molecular flexibility index (Phi) is 4.42. The van der Waals surface area contributed by atoms with E-state index in [4.69, 9.17) is 5.14 Å². The van der Waals surface area contributed by atoms with E-state index in [9.17, 15) is 12.8 Å². The molecule has 0 aliphatic carbocycles. The molecule has 2 rings (SSSR count). The van der Waals surface area contributed by atoms with E-state index in [0.29, 0.717) is 22.3 Å². The average Bonchev–Trinajstić information content (AvgIpc) is 2.37. The van der Waals surface area contributed by atoms with Gasteiger partial charge in [0.1, 0.15) is 5.82 Å². The van der Waals surface area contributed by atoms with Gasteiger partial charge in [0, 0.05) is 22.3 Å². The summed E-state index contributed by atoms with van der Waals surface area (Å²) in [6.45, 7) is 0.299. The second-order valence-electron chi connectivity index (χ2n) is 4.16. The third kappa shape index (κ3) is 3.78. The van der Waals surface area contributed by atoms with Crippen molar-refractivity contribution in [3.63, 3.8) is 0 Å². The quantitative estimate of drug-likeness (QED) is 0.882. The van der Waals surface area contributed by atoms with Crippen LogP contribution in [-0.2, 0) is 16.6 Å². The summed E-state index contributed by atoms with van der Waals surface area (Å²) in [5, 5.41) is 8.01. The van der Waals surface area contributed by atoms with E-state index in [1.165, 1.54) is 18.2 Å². The van der Waals surface area contributed by atoms with Crippen LogP contribution in [0.5, 0.6) is 0 Å². The fourth-order valence-corrected chi connectivity index (χ4v) is 2.47. The molecule has 4 nitrogen and oxygen atoms in total. The zero-order valence-electron chi connectivity index (χ0n) is 10.3. The minimum absolute atomic E-state index is 0.0397. The highest BCUT2D eigenvalue weighted by Gasteiger charge is 2.07. The van der Waals surface area contributed by atoms with Gasteiger partial charge in [0.05, 0.1) is 4.90 Å². The molecule has 0 aromatic heterocycles. The first kappa shape index (κ1) is 15.0. The Labute approximate surface area is 125 Å². The Morgan fingerprint density at radius 3 is 2.35 bits per heavy atom. The molecule has 0 heterocycles. The standard InChI is InChI=1S/C13H12BrFN2O2S/c14-10-2-1-9(13(15)7-10)8-17-11-3-5-12(6-4-11)20(16,18)19/h1-7,17H,8H2,(H2,16,18,19). The maximum Gasteiger partial charge on any atom is 0.238 e. The minimum atomic E-state index is -3.69. The predicted octanol–water partition coefficient (Wildman–Crippen LogP) is 2.85. The first-order valence-electron chi connectivity index (χ1n) is 5.67. The molecule has 0 saturated carbocycles. The lowest BCUT2D eigenvalue weighted by molar-refractivity contribution is 0.598. The zero-order valence-corrected chi connectivity index (χ0v) is 12.7. The van der Waals surface area contributed by atoms with Gasteiger partial charge in [-0.3, -0.25) is 0 Å². The van der Waals surface area contributed by atoms with Crippen LogP contribution < -0.4 is 10.5 Å². The third-order valence-electron chi connectivity index (χ3n) is 2.68. The van der Waals surface area contributed by atoms with Gasteiger partial charge in [-0.2, -0.15) is 0 Å². The molecular weight excluding hydrogens is 347 g/mol. The first-order valence-corrected chi connectivity index (χ1v) is 8.01. The summed E-state index contributed by atoms with van der Waals surface area (Å²) < 4.78 is 36.5. The molecule has 0 radical (unpaired) electrons. The Hall–Kier alpha value is -1.44. The monoisotopic (exact) mass is 358 g/mol. The average molecular weight is 359 g/mol. The summed E-state index contributed by atoms with van der Waals surface area (Å²) in [5.41, 5.74) is 1.20. The van der Waals surface area contributed by atoms with Gasteiger partial charge in [0.15, 0.2) is 0 Å². The maximum absolute atomic E-state index is 13.6. The number of hydrogen-bond donors (Lipinski definition) is 2. The minimum Gasteiger partial charge on any atom is -0.381 e. The van der Waals surface area contributed by atoms with Gasteiger partial charge >= 0.3 is 0 Å². The molecule has 0 spiro atoms. The number of nitrogens with two attached hydrogens (primary N) is 1. The van der Waals surface area contributed by atoms with E-state index in [1.54, 1.807) is 24.3 Å². The molecule has 3 N–H and O–H groups in total. The molecule has 0 amide bonds. The fourth-order valence-electron chi connectivity index (χ4n) is 1.62. The molecular formula is C13H12BrFN2O2S. The van der Waals surface area contributed by atoms with Crippen molar-refractivity contribution in [2.45, 2.75) is 11.4 Å². The summed E-state index contributed by atoms with van der Waals surface area (Å²) in [7, 11) is -3.69. The van der Waals surface area contributed by atoms with E-state index in [-0.39, 0.29) is 10.7 Å². The molecule has 0 aliphatic heterocycles. The molecule has 2 aromatic carbocycles. The first-order chi connectivity index (χ1) is 9.36. The van der Waals surface area contributed by atoms with Gasteiger partial charge < -0.3 is 5.32 Å². The van der Waals surface area contributed by atoms with Crippen molar-refractivity contribution in [1.82, 2.24) is 0 Å². The van der Waals surface area contributed by atoms with E-state index in [0.717, 1.165) is 0 Å². The number of benzene rings is 2. The highest BCUT2D eigenvalue weighted by atomic mass is 79.9. The molecule has 0 atom stereocenters. The van der Waals surface area contributed by atoms with Gasteiger partial charge in [-0.15, -0.1) is 0 Å². The van der Waals surface area contributed by atoms with Crippen LogP contribution in [0, 0.1) is 5.82 Å². The molecule has 106 valence electrons. The van der Waals surface area contributed by atoms with Crippen molar-refractivity contribution < 1.29 is 12.8 Å². The van der Waals surface area contributed by atoms with Crippen molar-refractivity contribution in [3.05, 3.63) is 58.3 Å². The molecule has 20 heavy (non-hydrogen) atoms. The molecule has 0 unspecified atom stereocenters. The summed E-state index contributed by atoms with van der Waals surface area (Å²) in [6, 6.07) is 10.8. The van der Waals surface area contributed by atoms with Gasteiger partial charge in [-0.1, -0.05) is 22.0 Å². The highest BCUT2D eigenvalue weighted by molar-refractivity contribution is 9.10. The van der Waals surface area contributed by atoms with Crippen molar-refractivity contribution in [1.29, 1.82) is 0 Å². The van der Waals surface area contributed by atoms with Crippen molar-refractivity contribution >= 4 is 31.6 Å². The van der Waals surface area contributed by atoms with Gasteiger partial charge in [0.2, 0.25) is 10.0 Å². The van der Waals surface area contributed by atoms with Crippen molar-refractivity contribution in [2.75, 3.05) is 5.32 Å². The van der Waals surface area contributed by atoms with Crippen molar-refractivity contribution in [3.8, 4) is 0 Å². The summed E-state index contributed by atoms with van der Waals surface area (Å²) in [4.78, 5) is 0.0397. The van der Waals surface area contributed by atoms with Crippen LogP contribution in [0.25, 0.3) is 0 Å². The Morgan fingerprint density at radius 2 is 1.80 bits per heavy atom. The van der Waals surface area contributed by atoms with Crippen LogP contribution in [0.3, 0.4) is 0 Å². The van der Waals surface area contributed by atoms with E-state index < -0.39 is 10.0 Å². The van der Waals surface area contributed by atoms with Gasteiger partial charge in [-0.25, -0.2) is 17.9 Å². The normalized spacial score (nSPS) is 11.3. The number of primary sulfonamides is 1. The van der Waals surface area contributed by atoms with E-state index in [1.807, 2.05) is 0 Å². The predicted molar refractivity (Wildman–Crippen MR) is 79.2 cm³/mol. The Balaban J connectivity index is 2.08. The number of sulfonamides is 1. The zero-order chi connectivity index (χ0) is 14.8. The molecule has 7 heteroatoms. The van der Waals surface area contributed by atoms with Gasteiger partial charge in [-0.05, 0) is 36.4 Å². The fraction of sp³-hybridized carbons (Fsp3) is 0.0769. The summed E-state index contributed by atoms with van der Waals surface area (Å²) >= 11 is 3.19. The van der Waals surface area contributed by atoms with Crippen LogP contribution >= 0.6 is 15.9 Å². The summed E-state index contributed by atoms with van der Waals surface area (Å²) in [6.07, 6.45) is 0. The lowest BCUT2D eigenvalue weighted by atomic mass is 10.2. The van der Waals surface area contributed by atoms with Crippen molar-refractivity contribution in [2.24, 2.45) is 5.14 Å². The Bertz CT molecular complexity index is 718. The largest absolute Gasteiger partial charge is 0.381 e. The number of hydrogen-bond acceptors (Lipinski definition) is 3. The lowest BCUT2D eigenvalue weighted by Gasteiger charge is -2.08. The Morgan fingerprint density at radius 1 is 1.15 bits per heavy atom. The molecule has 0 bridgehead atoms. The second kappa shape index (κ2) is 5.90. The number of anilines is 1. The molecule has 0 aliphatic rings. The van der Waals surface area contributed by atoms with Gasteiger partial charge in [0.25, 0.3) is 0 Å². The van der Waals surface area contributed by atoms with Crippen LogP contribution in [0.15, 0.2) is 51.8 Å². The third-order valence-corrected chi connectivity index (χ3v) is 4.10. The number of nitrogens with one attached hydrogen (secondary N) is 1. The maximum atomic E-state index is 13.6. The topological polar surface area (TPSA) is 72.2 Å².